The minimum absolute atomic E-state index is 0.0104. The highest BCUT2D eigenvalue weighted by Crippen LogP contribution is 2.20. The van der Waals surface area contributed by atoms with E-state index in [0.29, 0.717) is 19.7 Å². The second kappa shape index (κ2) is 8.47. The molecule has 0 saturated carbocycles. The Labute approximate surface area is 122 Å². The average molecular weight is 286 g/mol. The molecule has 2 amide bonds. The molecule has 5 heteroatoms. The zero-order valence-corrected chi connectivity index (χ0v) is 13.2. The Morgan fingerprint density at radius 1 is 1.50 bits per heavy atom. The maximum Gasteiger partial charge on any atom is 0.317 e. The zero-order valence-electron chi connectivity index (χ0n) is 13.2. The third-order valence-electron chi connectivity index (χ3n) is 3.80. The van der Waals surface area contributed by atoms with Crippen molar-refractivity contribution in [3.05, 3.63) is 0 Å². The van der Waals surface area contributed by atoms with Gasteiger partial charge in [-0.2, -0.15) is 0 Å². The standard InChI is InChI=1S/C15H30N2O3/c1-4-20-13-7-5-10-17(11-13)14(19)16-9-6-8-15(2,3)12-18/h13,18H,4-12H2,1-3H3,(H,16,19)/t13-/m0/s1. The summed E-state index contributed by atoms with van der Waals surface area (Å²) in [6.07, 6.45) is 4.04. The highest BCUT2D eigenvalue weighted by atomic mass is 16.5. The number of urea groups is 1. The van der Waals surface area contributed by atoms with Gasteiger partial charge < -0.3 is 20.1 Å². The van der Waals surface area contributed by atoms with E-state index in [2.05, 4.69) is 5.32 Å². The lowest BCUT2D eigenvalue weighted by Crippen LogP contribution is -2.48. The van der Waals surface area contributed by atoms with Crippen LogP contribution < -0.4 is 5.32 Å². The van der Waals surface area contributed by atoms with Gasteiger partial charge in [-0.1, -0.05) is 13.8 Å². The van der Waals surface area contributed by atoms with E-state index in [1.807, 2.05) is 25.7 Å². The molecule has 118 valence electrons. The molecule has 0 spiro atoms. The molecule has 20 heavy (non-hydrogen) atoms. The van der Waals surface area contributed by atoms with Gasteiger partial charge in [-0.3, -0.25) is 0 Å². The first-order chi connectivity index (χ1) is 9.48. The van der Waals surface area contributed by atoms with Gasteiger partial charge in [0.25, 0.3) is 0 Å². The number of aliphatic hydroxyl groups is 1. The lowest BCUT2D eigenvalue weighted by Gasteiger charge is -2.32. The van der Waals surface area contributed by atoms with Gasteiger partial charge in [0.1, 0.15) is 0 Å². The summed E-state index contributed by atoms with van der Waals surface area (Å²) in [7, 11) is 0. The molecule has 2 N–H and O–H groups in total. The van der Waals surface area contributed by atoms with Crippen LogP contribution in [0.1, 0.15) is 46.5 Å². The summed E-state index contributed by atoms with van der Waals surface area (Å²) in [5.74, 6) is 0. The number of carbonyl (C=O) groups is 1. The number of hydrogen-bond donors (Lipinski definition) is 2. The number of aliphatic hydroxyl groups excluding tert-OH is 1. The van der Waals surface area contributed by atoms with Crippen LogP contribution in [-0.4, -0.2) is 55.0 Å². The van der Waals surface area contributed by atoms with E-state index >= 15 is 0 Å². The first kappa shape index (κ1) is 17.2. The van der Waals surface area contributed by atoms with Crippen LogP contribution in [0, 0.1) is 5.41 Å². The number of rotatable bonds is 7. The normalized spacial score (nSPS) is 20.0. The maximum absolute atomic E-state index is 12.1. The molecular formula is C15H30N2O3. The van der Waals surface area contributed by atoms with Crippen molar-refractivity contribution in [3.63, 3.8) is 0 Å². The Balaban J connectivity index is 2.22. The number of likely N-dealkylation sites (tertiary alicyclic amines) is 1. The SMILES string of the molecule is CCO[C@H]1CCCN(C(=O)NCCCC(C)(C)CO)C1. The van der Waals surface area contributed by atoms with E-state index in [0.717, 1.165) is 32.2 Å². The molecule has 0 aromatic carbocycles. The predicted molar refractivity (Wildman–Crippen MR) is 79.7 cm³/mol. The van der Waals surface area contributed by atoms with Crippen LogP contribution in [0.15, 0.2) is 0 Å². The van der Waals surface area contributed by atoms with E-state index in [9.17, 15) is 9.90 Å². The molecule has 0 bridgehead atoms. The molecule has 5 nitrogen and oxygen atoms in total. The van der Waals surface area contributed by atoms with Gasteiger partial charge in [-0.05, 0) is 38.0 Å². The Kier molecular flexibility index (Phi) is 7.30. The average Bonchev–Trinajstić information content (AvgIpc) is 2.44. The Morgan fingerprint density at radius 2 is 2.25 bits per heavy atom. The molecule has 1 aliphatic rings. The van der Waals surface area contributed by atoms with E-state index in [4.69, 9.17) is 4.74 Å². The van der Waals surface area contributed by atoms with Gasteiger partial charge in [-0.15, -0.1) is 0 Å². The fourth-order valence-corrected chi connectivity index (χ4v) is 2.45. The van der Waals surface area contributed by atoms with Gasteiger partial charge >= 0.3 is 6.03 Å². The largest absolute Gasteiger partial charge is 0.396 e. The van der Waals surface area contributed by atoms with Crippen molar-refractivity contribution >= 4 is 6.03 Å². The number of nitrogens with zero attached hydrogens (tertiary/aromatic N) is 1. The van der Waals surface area contributed by atoms with Crippen molar-refractivity contribution < 1.29 is 14.6 Å². The fraction of sp³-hybridized carbons (Fsp3) is 0.933. The molecule has 0 unspecified atom stereocenters. The minimum Gasteiger partial charge on any atom is -0.396 e. The lowest BCUT2D eigenvalue weighted by molar-refractivity contribution is 0.0164. The maximum atomic E-state index is 12.1. The molecule has 0 aliphatic carbocycles. The number of amides is 2. The van der Waals surface area contributed by atoms with Crippen molar-refractivity contribution in [3.8, 4) is 0 Å². The number of hydrogen-bond acceptors (Lipinski definition) is 3. The fourth-order valence-electron chi connectivity index (χ4n) is 2.45. The molecule has 1 atom stereocenters. The molecule has 0 radical (unpaired) electrons. The molecule has 1 aliphatic heterocycles. The number of carbonyl (C=O) groups excluding carboxylic acids is 1. The summed E-state index contributed by atoms with van der Waals surface area (Å²) in [5.41, 5.74) is -0.0596. The molecule has 0 aromatic heterocycles. The second-order valence-electron chi connectivity index (χ2n) is 6.32. The highest BCUT2D eigenvalue weighted by molar-refractivity contribution is 5.74. The van der Waals surface area contributed by atoms with Crippen molar-refractivity contribution in [1.82, 2.24) is 10.2 Å². The Morgan fingerprint density at radius 3 is 2.90 bits per heavy atom. The van der Waals surface area contributed by atoms with Crippen LogP contribution in [0.3, 0.4) is 0 Å². The summed E-state index contributed by atoms with van der Waals surface area (Å²) < 4.78 is 5.60. The van der Waals surface area contributed by atoms with Crippen LogP contribution >= 0.6 is 0 Å². The summed E-state index contributed by atoms with van der Waals surface area (Å²) in [6, 6.07) is 0.0104. The first-order valence-electron chi connectivity index (χ1n) is 7.74. The third kappa shape index (κ3) is 6.09. The van der Waals surface area contributed by atoms with Gasteiger partial charge in [0.15, 0.2) is 0 Å². The van der Waals surface area contributed by atoms with Crippen LogP contribution in [0.25, 0.3) is 0 Å². The Bertz CT molecular complexity index is 293. The van der Waals surface area contributed by atoms with E-state index < -0.39 is 0 Å². The van der Waals surface area contributed by atoms with Gasteiger partial charge in [0.05, 0.1) is 6.10 Å². The van der Waals surface area contributed by atoms with E-state index in [1.165, 1.54) is 0 Å². The smallest absolute Gasteiger partial charge is 0.317 e. The van der Waals surface area contributed by atoms with E-state index in [-0.39, 0.29) is 24.2 Å². The minimum atomic E-state index is -0.0596. The monoisotopic (exact) mass is 286 g/mol. The highest BCUT2D eigenvalue weighted by Gasteiger charge is 2.23. The quantitative estimate of drug-likeness (QED) is 0.704. The number of piperidine rings is 1. The van der Waals surface area contributed by atoms with Crippen molar-refractivity contribution in [2.75, 3.05) is 32.8 Å². The van der Waals surface area contributed by atoms with Crippen molar-refractivity contribution in [2.24, 2.45) is 5.41 Å². The van der Waals surface area contributed by atoms with Crippen LogP contribution in [0.2, 0.25) is 0 Å². The number of ether oxygens (including phenoxy) is 1. The topological polar surface area (TPSA) is 61.8 Å². The summed E-state index contributed by atoms with van der Waals surface area (Å²) in [6.45, 7) is 9.12. The molecule has 1 rings (SSSR count). The van der Waals surface area contributed by atoms with Gasteiger partial charge in [0.2, 0.25) is 0 Å². The molecule has 1 fully saturated rings. The summed E-state index contributed by atoms with van der Waals surface area (Å²) in [4.78, 5) is 13.9. The third-order valence-corrected chi connectivity index (χ3v) is 3.80. The number of nitrogens with one attached hydrogen (secondary N) is 1. The van der Waals surface area contributed by atoms with Crippen molar-refractivity contribution in [1.29, 1.82) is 0 Å². The summed E-state index contributed by atoms with van der Waals surface area (Å²) in [5, 5.41) is 12.1. The molecule has 0 aromatic rings. The zero-order chi connectivity index (χ0) is 15.0. The Hall–Kier alpha value is -0.810. The van der Waals surface area contributed by atoms with Gasteiger partial charge in [0, 0.05) is 32.8 Å². The van der Waals surface area contributed by atoms with Crippen LogP contribution in [-0.2, 0) is 4.74 Å². The molecule has 1 saturated heterocycles. The first-order valence-corrected chi connectivity index (χ1v) is 7.74. The molecular weight excluding hydrogens is 256 g/mol. The second-order valence-corrected chi connectivity index (χ2v) is 6.32. The van der Waals surface area contributed by atoms with Gasteiger partial charge in [-0.25, -0.2) is 4.79 Å². The van der Waals surface area contributed by atoms with Crippen LogP contribution in [0.4, 0.5) is 4.79 Å². The lowest BCUT2D eigenvalue weighted by atomic mass is 9.89. The van der Waals surface area contributed by atoms with Crippen LogP contribution in [0.5, 0.6) is 0 Å². The predicted octanol–water partition coefficient (Wildman–Crippen LogP) is 2.00. The summed E-state index contributed by atoms with van der Waals surface area (Å²) >= 11 is 0. The van der Waals surface area contributed by atoms with E-state index in [1.54, 1.807) is 0 Å². The molecule has 1 heterocycles. The van der Waals surface area contributed by atoms with Crippen molar-refractivity contribution in [2.45, 2.75) is 52.6 Å².